The molecule has 0 aliphatic heterocycles. The van der Waals surface area contributed by atoms with E-state index in [-0.39, 0.29) is 11.9 Å². The third kappa shape index (κ3) is 4.72. The Morgan fingerprint density at radius 2 is 1.75 bits per heavy atom. The van der Waals surface area contributed by atoms with Gasteiger partial charge in [0.2, 0.25) is 0 Å². The maximum Gasteiger partial charge on any atom is 0.251 e. The molecule has 0 aromatic heterocycles. The van der Waals surface area contributed by atoms with E-state index in [1.807, 2.05) is 0 Å². The predicted octanol–water partition coefficient (Wildman–Crippen LogP) is 3.66. The van der Waals surface area contributed by atoms with Gasteiger partial charge in [-0.2, -0.15) is 0 Å². The predicted molar refractivity (Wildman–Crippen MR) is 83.1 cm³/mol. The average Bonchev–Trinajstić information content (AvgIpc) is 2.42. The van der Waals surface area contributed by atoms with Crippen LogP contribution in [0.4, 0.5) is 0 Å². The second-order valence-electron chi connectivity index (χ2n) is 5.61. The normalized spacial score (nSPS) is 10.9. The van der Waals surface area contributed by atoms with Crippen LogP contribution in [0.2, 0.25) is 0 Å². The second kappa shape index (κ2) is 7.73. The third-order valence-electron chi connectivity index (χ3n) is 3.22. The van der Waals surface area contributed by atoms with E-state index in [0.717, 1.165) is 5.75 Å². The fourth-order valence-corrected chi connectivity index (χ4v) is 2.20. The van der Waals surface area contributed by atoms with E-state index in [1.54, 1.807) is 30.3 Å². The number of carbonyl (C=O) groups is 1. The lowest BCUT2D eigenvalue weighted by Crippen LogP contribution is -2.42. The van der Waals surface area contributed by atoms with Gasteiger partial charge in [-0.05, 0) is 36.1 Å². The van der Waals surface area contributed by atoms with Gasteiger partial charge in [-0.1, -0.05) is 40.3 Å². The van der Waals surface area contributed by atoms with Gasteiger partial charge >= 0.3 is 0 Å². The van der Waals surface area contributed by atoms with Crippen LogP contribution >= 0.6 is 0 Å². The Bertz CT molecular complexity index is 427. The fraction of sp³-hybridized carbons (Fsp3) is 0.471. The van der Waals surface area contributed by atoms with Crippen molar-refractivity contribution >= 4 is 5.91 Å². The van der Waals surface area contributed by atoms with Gasteiger partial charge in [0.05, 0.1) is 0 Å². The van der Waals surface area contributed by atoms with E-state index >= 15 is 0 Å². The summed E-state index contributed by atoms with van der Waals surface area (Å²) in [7, 11) is 0. The average molecular weight is 275 g/mol. The highest BCUT2D eigenvalue weighted by atomic mass is 16.5. The van der Waals surface area contributed by atoms with E-state index in [9.17, 15) is 4.79 Å². The lowest BCUT2D eigenvalue weighted by atomic mass is 9.93. The lowest BCUT2D eigenvalue weighted by molar-refractivity contribution is 0.0910. The molecular weight excluding hydrogens is 250 g/mol. The molecule has 1 aromatic carbocycles. The zero-order chi connectivity index (χ0) is 15.1. The number of hydrogen-bond donors (Lipinski definition) is 1. The molecule has 0 aliphatic rings. The first-order valence-corrected chi connectivity index (χ1v) is 7.10. The minimum atomic E-state index is -0.0346. The van der Waals surface area contributed by atoms with Gasteiger partial charge in [0, 0.05) is 11.6 Å². The fourth-order valence-electron chi connectivity index (χ4n) is 2.20. The van der Waals surface area contributed by atoms with Crippen LogP contribution in [0.1, 0.15) is 38.1 Å². The monoisotopic (exact) mass is 275 g/mol. The summed E-state index contributed by atoms with van der Waals surface area (Å²) in [5, 5.41) is 3.10. The van der Waals surface area contributed by atoms with E-state index in [2.05, 4.69) is 39.6 Å². The molecule has 0 atom stereocenters. The lowest BCUT2D eigenvalue weighted by Gasteiger charge is -2.26. The molecule has 0 aliphatic carbocycles. The minimum Gasteiger partial charge on any atom is -0.490 e. The van der Waals surface area contributed by atoms with Crippen molar-refractivity contribution in [1.29, 1.82) is 0 Å². The number of benzene rings is 1. The summed E-state index contributed by atoms with van der Waals surface area (Å²) in [6.07, 6.45) is 1.69. The van der Waals surface area contributed by atoms with Crippen LogP contribution in [0.5, 0.6) is 5.75 Å². The quantitative estimate of drug-likeness (QED) is 0.771. The van der Waals surface area contributed by atoms with Crippen molar-refractivity contribution < 1.29 is 9.53 Å². The Labute approximate surface area is 122 Å². The van der Waals surface area contributed by atoms with Gasteiger partial charge in [0.15, 0.2) is 0 Å². The maximum absolute atomic E-state index is 12.2. The van der Waals surface area contributed by atoms with Crippen molar-refractivity contribution in [1.82, 2.24) is 5.32 Å². The number of carbonyl (C=O) groups excluding carboxylic acids is 1. The molecule has 0 fully saturated rings. The number of nitrogens with one attached hydrogen (secondary N) is 1. The highest BCUT2D eigenvalue weighted by Gasteiger charge is 2.20. The van der Waals surface area contributed by atoms with Gasteiger partial charge < -0.3 is 10.1 Å². The largest absolute Gasteiger partial charge is 0.490 e. The Morgan fingerprint density at radius 1 is 1.20 bits per heavy atom. The first-order chi connectivity index (χ1) is 9.45. The Balaban J connectivity index is 2.69. The van der Waals surface area contributed by atoms with Crippen molar-refractivity contribution in [3.05, 3.63) is 42.5 Å². The smallest absolute Gasteiger partial charge is 0.251 e. The summed E-state index contributed by atoms with van der Waals surface area (Å²) < 4.78 is 5.40. The molecule has 0 radical (unpaired) electrons. The van der Waals surface area contributed by atoms with Gasteiger partial charge in [0.25, 0.3) is 5.91 Å². The molecule has 3 nitrogen and oxygen atoms in total. The van der Waals surface area contributed by atoms with Crippen molar-refractivity contribution in [2.45, 2.75) is 33.7 Å². The number of rotatable bonds is 7. The summed E-state index contributed by atoms with van der Waals surface area (Å²) >= 11 is 0. The zero-order valence-corrected chi connectivity index (χ0v) is 12.8. The first kappa shape index (κ1) is 16.3. The van der Waals surface area contributed by atoms with Crippen LogP contribution in [0, 0.1) is 11.8 Å². The summed E-state index contributed by atoms with van der Waals surface area (Å²) in [4.78, 5) is 12.2. The minimum absolute atomic E-state index is 0.0346. The highest BCUT2D eigenvalue weighted by Crippen LogP contribution is 2.15. The molecule has 0 bridgehead atoms. The van der Waals surface area contributed by atoms with E-state index in [4.69, 9.17) is 4.74 Å². The zero-order valence-electron chi connectivity index (χ0n) is 12.8. The van der Waals surface area contributed by atoms with Crippen molar-refractivity contribution in [2.75, 3.05) is 6.61 Å². The molecule has 1 aromatic rings. The topological polar surface area (TPSA) is 38.3 Å². The molecule has 3 heteroatoms. The maximum atomic E-state index is 12.2. The molecule has 0 spiro atoms. The van der Waals surface area contributed by atoms with Gasteiger partial charge in [-0.3, -0.25) is 4.79 Å². The van der Waals surface area contributed by atoms with Crippen LogP contribution in [0.3, 0.4) is 0 Å². The number of ether oxygens (including phenoxy) is 1. The van der Waals surface area contributed by atoms with Crippen molar-refractivity contribution in [3.63, 3.8) is 0 Å². The highest BCUT2D eigenvalue weighted by molar-refractivity contribution is 5.94. The molecule has 0 saturated heterocycles. The summed E-state index contributed by atoms with van der Waals surface area (Å²) in [6, 6.07) is 7.35. The van der Waals surface area contributed by atoms with E-state index < -0.39 is 0 Å². The Kier molecular flexibility index (Phi) is 6.29. The van der Waals surface area contributed by atoms with E-state index in [0.29, 0.717) is 24.0 Å². The summed E-state index contributed by atoms with van der Waals surface area (Å²) in [6.45, 7) is 12.6. The molecule has 0 unspecified atom stereocenters. The first-order valence-electron chi connectivity index (χ1n) is 7.10. The van der Waals surface area contributed by atoms with Crippen LogP contribution in [-0.2, 0) is 0 Å². The van der Waals surface area contributed by atoms with Gasteiger partial charge in [-0.25, -0.2) is 0 Å². The van der Waals surface area contributed by atoms with Crippen LogP contribution < -0.4 is 10.1 Å². The summed E-state index contributed by atoms with van der Waals surface area (Å²) in [5.41, 5.74) is 0.655. The Hall–Kier alpha value is -1.77. The standard InChI is InChI=1S/C17H25NO2/c1-6-11-20-15-9-7-14(8-10-15)17(19)18-16(12(2)3)13(4)5/h6-10,12-13,16H,1,11H2,2-5H3,(H,18,19). The van der Waals surface area contributed by atoms with Gasteiger partial charge in [0.1, 0.15) is 12.4 Å². The second-order valence-corrected chi connectivity index (χ2v) is 5.61. The van der Waals surface area contributed by atoms with Crippen LogP contribution in [0.15, 0.2) is 36.9 Å². The molecule has 110 valence electrons. The van der Waals surface area contributed by atoms with Crippen LogP contribution in [-0.4, -0.2) is 18.6 Å². The molecule has 20 heavy (non-hydrogen) atoms. The molecule has 1 N–H and O–H groups in total. The molecule has 0 heterocycles. The van der Waals surface area contributed by atoms with Crippen LogP contribution in [0.25, 0.3) is 0 Å². The molecule has 1 amide bonds. The van der Waals surface area contributed by atoms with Crippen molar-refractivity contribution in [2.24, 2.45) is 11.8 Å². The molecule has 1 rings (SSSR count). The van der Waals surface area contributed by atoms with E-state index in [1.165, 1.54) is 0 Å². The van der Waals surface area contributed by atoms with Crippen molar-refractivity contribution in [3.8, 4) is 5.75 Å². The number of amides is 1. The Morgan fingerprint density at radius 3 is 2.20 bits per heavy atom. The molecule has 0 saturated carbocycles. The number of hydrogen-bond acceptors (Lipinski definition) is 2. The third-order valence-corrected chi connectivity index (χ3v) is 3.22. The van der Waals surface area contributed by atoms with Gasteiger partial charge in [-0.15, -0.1) is 0 Å². The SMILES string of the molecule is C=CCOc1ccc(C(=O)NC(C(C)C)C(C)C)cc1. The summed E-state index contributed by atoms with van der Waals surface area (Å²) in [5.74, 6) is 1.53. The molecular formula is C17H25NO2.